The van der Waals surface area contributed by atoms with Crippen molar-refractivity contribution in [3.63, 3.8) is 0 Å². The first-order chi connectivity index (χ1) is 27.5. The van der Waals surface area contributed by atoms with Gasteiger partial charge in [0.25, 0.3) is 0 Å². The predicted octanol–water partition coefficient (Wildman–Crippen LogP) is 7.51. The van der Waals surface area contributed by atoms with Gasteiger partial charge < -0.3 is 0 Å². The SMILES string of the molecule is O=C(Cc1ccccc1)NC1C(=O)N2C(OC(=O)OC(c3ccccc3)c3ccccc3)=C(C[PH](c3ccccc3)(c3ccccc3)c3ccccc3)CS[C@@H]12. The van der Waals surface area contributed by atoms with E-state index in [-0.39, 0.29) is 24.1 Å². The molecule has 1 fully saturated rings. The van der Waals surface area contributed by atoms with Crippen molar-refractivity contribution >= 4 is 52.9 Å². The Morgan fingerprint density at radius 2 is 1.11 bits per heavy atom. The molecule has 0 saturated carbocycles. The summed E-state index contributed by atoms with van der Waals surface area (Å²) in [4.78, 5) is 43.1. The number of thioether (sulfide) groups is 1. The summed E-state index contributed by atoms with van der Waals surface area (Å²) in [7, 11) is -2.89. The number of nitrogens with one attached hydrogen (secondary N) is 1. The molecule has 6 aromatic carbocycles. The molecule has 6 aromatic rings. The summed E-state index contributed by atoms with van der Waals surface area (Å²) in [6.07, 6.45) is -0.982. The van der Waals surface area contributed by atoms with Crippen molar-refractivity contribution in [2.75, 3.05) is 11.9 Å². The van der Waals surface area contributed by atoms with Gasteiger partial charge in [0.1, 0.15) is 0 Å². The molecule has 1 unspecified atom stereocenters. The molecule has 2 heterocycles. The molecule has 56 heavy (non-hydrogen) atoms. The fourth-order valence-corrected chi connectivity index (χ4v) is 14.1. The molecule has 0 aromatic heterocycles. The Labute approximate surface area is 331 Å². The van der Waals surface area contributed by atoms with Gasteiger partial charge in [0, 0.05) is 0 Å². The van der Waals surface area contributed by atoms with Crippen molar-refractivity contribution in [2.24, 2.45) is 0 Å². The van der Waals surface area contributed by atoms with E-state index in [0.29, 0.717) is 11.9 Å². The molecule has 8 rings (SSSR count). The molecule has 2 atom stereocenters. The van der Waals surface area contributed by atoms with Crippen LogP contribution in [0.25, 0.3) is 0 Å². The van der Waals surface area contributed by atoms with Crippen LogP contribution in [0.5, 0.6) is 0 Å². The van der Waals surface area contributed by atoms with E-state index in [1.54, 1.807) is 16.7 Å². The van der Waals surface area contributed by atoms with E-state index in [4.69, 9.17) is 9.47 Å². The van der Waals surface area contributed by atoms with Crippen LogP contribution >= 0.6 is 19.0 Å². The second kappa shape index (κ2) is 16.8. The monoisotopic (exact) mass is 776 g/mol. The van der Waals surface area contributed by atoms with Gasteiger partial charge in [0.2, 0.25) is 0 Å². The van der Waals surface area contributed by atoms with Gasteiger partial charge >= 0.3 is 327 Å². The zero-order valence-electron chi connectivity index (χ0n) is 30.6. The summed E-state index contributed by atoms with van der Waals surface area (Å²) in [5.41, 5.74) is 3.25. The molecule has 1 N–H and O–H groups in total. The number of carbonyl (C=O) groups is 3. The molecule has 0 aliphatic carbocycles. The standard InChI is InChI=1S/C47H41N2O5PS/c50-41(31-34-19-7-1-8-20-34)48-42-44(51)49-45(54-47(52)53-43(35-21-9-2-10-22-35)36-23-11-3-12-24-36)37(33-56-46(42)49)32-55(38-25-13-4-14-26-38,39-27-15-5-16-28-39)40-29-17-6-18-30-40/h1-30,42-43,46,55H,31-33H2,(H,48,50)/t42?,46-/m0/s1. The molecule has 7 nitrogen and oxygen atoms in total. The molecule has 2 amide bonds. The summed E-state index contributed by atoms with van der Waals surface area (Å²) in [6, 6.07) is 59.2. The molecular weight excluding hydrogens is 736 g/mol. The van der Waals surface area contributed by atoms with Crippen molar-refractivity contribution in [1.29, 1.82) is 0 Å². The number of nitrogens with zero attached hydrogens (tertiary/aromatic N) is 1. The molecule has 0 spiro atoms. The zero-order chi connectivity index (χ0) is 38.3. The first kappa shape index (κ1) is 37.0. The number of carbonyl (C=O) groups excluding carboxylic acids is 3. The van der Waals surface area contributed by atoms with Crippen LogP contribution in [-0.2, 0) is 25.5 Å². The minimum atomic E-state index is -2.89. The number of benzene rings is 6. The van der Waals surface area contributed by atoms with E-state index < -0.39 is 30.9 Å². The summed E-state index contributed by atoms with van der Waals surface area (Å²) in [5.74, 6) is 0.0722. The van der Waals surface area contributed by atoms with Gasteiger partial charge in [-0.05, 0) is 0 Å². The van der Waals surface area contributed by atoms with Crippen molar-refractivity contribution in [3.8, 4) is 0 Å². The number of amides is 2. The molecular formula is C47H41N2O5PS. The Morgan fingerprint density at radius 1 is 0.661 bits per heavy atom. The quantitative estimate of drug-likeness (QED) is 0.0788. The van der Waals surface area contributed by atoms with Crippen LogP contribution < -0.4 is 21.2 Å². The van der Waals surface area contributed by atoms with E-state index in [1.807, 2.05) is 109 Å². The number of ether oxygens (including phenoxy) is 2. The average Bonchev–Trinajstić information content (AvgIpc) is 3.26. The van der Waals surface area contributed by atoms with Gasteiger partial charge in [0.15, 0.2) is 0 Å². The van der Waals surface area contributed by atoms with Crippen LogP contribution in [0.4, 0.5) is 4.79 Å². The normalized spacial score (nSPS) is 16.7. The fourth-order valence-electron chi connectivity index (χ4n) is 7.73. The maximum absolute atomic E-state index is 14.2. The summed E-state index contributed by atoms with van der Waals surface area (Å²) in [6.45, 7) is 0. The Bertz CT molecular complexity index is 2180. The summed E-state index contributed by atoms with van der Waals surface area (Å²) >= 11 is 1.57. The number of fused-ring (bicyclic) bond motifs is 1. The van der Waals surface area contributed by atoms with E-state index in [1.165, 1.54) is 15.9 Å². The molecule has 1 saturated heterocycles. The fraction of sp³-hybridized carbons (Fsp3) is 0.128. The summed E-state index contributed by atoms with van der Waals surface area (Å²) in [5, 5.41) is 6.07. The van der Waals surface area contributed by atoms with Gasteiger partial charge in [0.05, 0.1) is 0 Å². The molecule has 9 heteroatoms. The van der Waals surface area contributed by atoms with Crippen LogP contribution in [0.3, 0.4) is 0 Å². The first-order valence-electron chi connectivity index (χ1n) is 18.7. The van der Waals surface area contributed by atoms with Gasteiger partial charge in [-0.25, -0.2) is 0 Å². The number of rotatable bonds is 12. The Balaban J connectivity index is 1.19. The summed E-state index contributed by atoms with van der Waals surface area (Å²) < 4.78 is 12.5. The zero-order valence-corrected chi connectivity index (χ0v) is 32.4. The van der Waals surface area contributed by atoms with Crippen LogP contribution in [0, 0.1) is 0 Å². The van der Waals surface area contributed by atoms with Crippen molar-refractivity contribution in [3.05, 3.63) is 210 Å². The number of hydrogen-bond donors (Lipinski definition) is 1. The molecule has 2 aliphatic rings. The van der Waals surface area contributed by atoms with Crippen LogP contribution in [0.2, 0.25) is 0 Å². The third-order valence-electron chi connectivity index (χ3n) is 10.4. The number of β-lactam (4-membered cyclic amide) rings is 1. The second-order valence-corrected chi connectivity index (χ2v) is 18.9. The van der Waals surface area contributed by atoms with Gasteiger partial charge in [-0.1, -0.05) is 6.07 Å². The van der Waals surface area contributed by atoms with E-state index in [2.05, 4.69) is 78.1 Å². The van der Waals surface area contributed by atoms with Gasteiger partial charge in [-0.2, -0.15) is 0 Å². The topological polar surface area (TPSA) is 84.9 Å². The Kier molecular flexibility index (Phi) is 11.1. The van der Waals surface area contributed by atoms with Crippen LogP contribution in [0.1, 0.15) is 22.8 Å². The maximum atomic E-state index is 14.2. The van der Waals surface area contributed by atoms with E-state index in [9.17, 15) is 14.4 Å². The predicted molar refractivity (Wildman–Crippen MR) is 226 cm³/mol. The van der Waals surface area contributed by atoms with E-state index >= 15 is 0 Å². The number of hydrogen-bond acceptors (Lipinski definition) is 6. The minimum absolute atomic E-state index is 0.151. The van der Waals surface area contributed by atoms with Crippen molar-refractivity contribution in [1.82, 2.24) is 10.2 Å². The van der Waals surface area contributed by atoms with Crippen molar-refractivity contribution in [2.45, 2.75) is 23.9 Å². The Morgan fingerprint density at radius 3 is 1.59 bits per heavy atom. The van der Waals surface area contributed by atoms with Crippen LogP contribution in [-0.4, -0.2) is 46.2 Å². The average molecular weight is 777 g/mol. The molecule has 280 valence electrons. The molecule has 2 aliphatic heterocycles. The second-order valence-electron chi connectivity index (χ2n) is 13.9. The first-order valence-corrected chi connectivity index (χ1v) is 21.9. The van der Waals surface area contributed by atoms with Gasteiger partial charge in [-0.3, -0.25) is 0 Å². The third kappa shape index (κ3) is 7.63. The Hall–Kier alpha value is -5.95. The van der Waals surface area contributed by atoms with Crippen molar-refractivity contribution < 1.29 is 23.9 Å². The van der Waals surface area contributed by atoms with Crippen LogP contribution in [0.15, 0.2) is 193 Å². The third-order valence-corrected chi connectivity index (χ3v) is 16.6. The van der Waals surface area contributed by atoms with E-state index in [0.717, 1.165) is 22.3 Å². The molecule has 0 bridgehead atoms. The van der Waals surface area contributed by atoms with Gasteiger partial charge in [-0.15, -0.1) is 0 Å². The molecule has 0 radical (unpaired) electrons.